The third-order valence-electron chi connectivity index (χ3n) is 2.97. The van der Waals surface area contributed by atoms with Gasteiger partial charge in [0.2, 0.25) is 5.78 Å². The number of aliphatic hydroxyl groups is 1. The van der Waals surface area contributed by atoms with Crippen LogP contribution >= 0.6 is 0 Å². The van der Waals surface area contributed by atoms with E-state index < -0.39 is 23.4 Å². The highest BCUT2D eigenvalue weighted by molar-refractivity contribution is 6.28. The van der Waals surface area contributed by atoms with Crippen molar-refractivity contribution in [3.05, 3.63) is 23.3 Å². The Kier molecular flexibility index (Phi) is 4.04. The molecule has 1 aliphatic heterocycles. The van der Waals surface area contributed by atoms with Crippen LogP contribution in [0.25, 0.3) is 0 Å². The van der Waals surface area contributed by atoms with E-state index in [2.05, 4.69) is 15.6 Å². The molecule has 2 heterocycles. The Morgan fingerprint density at radius 2 is 2.35 bits per heavy atom. The summed E-state index contributed by atoms with van der Waals surface area (Å²) in [6, 6.07) is 0. The fourth-order valence-electron chi connectivity index (χ4n) is 2.08. The van der Waals surface area contributed by atoms with Gasteiger partial charge in [-0.2, -0.15) is 0 Å². The molecule has 1 amide bonds. The van der Waals surface area contributed by atoms with E-state index in [9.17, 15) is 18.8 Å². The van der Waals surface area contributed by atoms with Gasteiger partial charge in [0.25, 0.3) is 5.91 Å². The number of carbonyl (C=O) groups is 3. The lowest BCUT2D eigenvalue weighted by molar-refractivity contribution is -0.130. The van der Waals surface area contributed by atoms with Crippen LogP contribution in [0, 0.1) is 5.82 Å². The lowest BCUT2D eigenvalue weighted by Gasteiger charge is -2.09. The van der Waals surface area contributed by atoms with Gasteiger partial charge in [-0.05, 0) is 0 Å². The summed E-state index contributed by atoms with van der Waals surface area (Å²) in [6.07, 6.45) is 0.970. The molecule has 0 fully saturated rings. The van der Waals surface area contributed by atoms with Gasteiger partial charge in [-0.3, -0.25) is 14.4 Å². The van der Waals surface area contributed by atoms with Crippen molar-refractivity contribution in [2.75, 3.05) is 25.0 Å². The van der Waals surface area contributed by atoms with Crippen molar-refractivity contribution in [3.63, 3.8) is 0 Å². The van der Waals surface area contributed by atoms with Crippen LogP contribution in [0.1, 0.15) is 22.0 Å². The number of hydrogen-bond acceptors (Lipinski definition) is 6. The van der Waals surface area contributed by atoms with Crippen molar-refractivity contribution in [1.82, 2.24) is 10.3 Å². The van der Waals surface area contributed by atoms with Crippen LogP contribution in [0.5, 0.6) is 0 Å². The van der Waals surface area contributed by atoms with E-state index in [0.717, 1.165) is 6.20 Å². The number of aliphatic hydroxyl groups excluding tert-OH is 1. The number of fused-ring (bicyclic) bond motifs is 1. The first-order valence-corrected chi connectivity index (χ1v) is 5.90. The molecular weight excluding hydrogens is 269 g/mol. The van der Waals surface area contributed by atoms with E-state index >= 15 is 0 Å². The number of pyridine rings is 1. The summed E-state index contributed by atoms with van der Waals surface area (Å²) in [5.41, 5.74) is 0.0166. The maximum absolute atomic E-state index is 13.8. The van der Waals surface area contributed by atoms with Gasteiger partial charge in [0.05, 0.1) is 24.4 Å². The molecule has 106 valence electrons. The second kappa shape index (κ2) is 5.74. The Balaban J connectivity index is 2.40. The van der Waals surface area contributed by atoms with E-state index in [1.54, 1.807) is 0 Å². The average Bonchev–Trinajstić information content (AvgIpc) is 2.90. The fourth-order valence-corrected chi connectivity index (χ4v) is 2.08. The number of ketones is 1. The van der Waals surface area contributed by atoms with Crippen LogP contribution in [0.3, 0.4) is 0 Å². The van der Waals surface area contributed by atoms with Crippen LogP contribution < -0.4 is 10.6 Å². The number of aldehydes is 1. The number of carbonyl (C=O) groups excluding carboxylic acids is 3. The number of anilines is 1. The molecule has 0 aromatic carbocycles. The number of Topliss-reactive ketones (excluding diaryl/α,β-unsaturated/α-hetero) is 1. The highest BCUT2D eigenvalue weighted by Crippen LogP contribution is 2.35. The molecule has 0 bridgehead atoms. The van der Waals surface area contributed by atoms with Gasteiger partial charge in [0, 0.05) is 18.7 Å². The minimum absolute atomic E-state index is 0.0220. The highest BCUT2D eigenvalue weighted by Gasteiger charge is 2.34. The number of nitrogens with one attached hydrogen (secondary N) is 2. The van der Waals surface area contributed by atoms with Gasteiger partial charge >= 0.3 is 0 Å². The van der Waals surface area contributed by atoms with Crippen LogP contribution in [-0.2, 0) is 9.59 Å². The first kappa shape index (κ1) is 14.1. The summed E-state index contributed by atoms with van der Waals surface area (Å²) in [5.74, 6) is -3.05. The lowest BCUT2D eigenvalue weighted by atomic mass is 9.97. The normalized spacial score (nSPS) is 16.2. The zero-order valence-electron chi connectivity index (χ0n) is 10.4. The number of hydrogen-bond donors (Lipinski definition) is 3. The number of nitrogens with zero attached hydrogens (tertiary/aromatic N) is 1. The third kappa shape index (κ3) is 2.37. The first-order chi connectivity index (χ1) is 9.60. The number of amides is 1. The third-order valence-corrected chi connectivity index (χ3v) is 2.97. The molecule has 1 aromatic rings. The van der Waals surface area contributed by atoms with Gasteiger partial charge < -0.3 is 15.7 Å². The molecule has 20 heavy (non-hydrogen) atoms. The second-order valence-corrected chi connectivity index (χ2v) is 4.18. The monoisotopic (exact) mass is 281 g/mol. The van der Waals surface area contributed by atoms with Crippen molar-refractivity contribution in [2.24, 2.45) is 0 Å². The topological polar surface area (TPSA) is 108 Å². The number of aromatic nitrogens is 1. The van der Waals surface area contributed by atoms with Crippen molar-refractivity contribution in [2.45, 2.75) is 5.92 Å². The Labute approximate surface area is 113 Å². The molecule has 0 aliphatic carbocycles. The number of halogens is 1. The molecule has 0 spiro atoms. The second-order valence-electron chi connectivity index (χ2n) is 4.18. The van der Waals surface area contributed by atoms with E-state index in [1.807, 2.05) is 0 Å². The summed E-state index contributed by atoms with van der Waals surface area (Å²) >= 11 is 0. The van der Waals surface area contributed by atoms with E-state index in [1.165, 1.54) is 0 Å². The quantitative estimate of drug-likeness (QED) is 0.482. The molecule has 1 unspecified atom stereocenters. The Morgan fingerprint density at radius 3 is 3.00 bits per heavy atom. The summed E-state index contributed by atoms with van der Waals surface area (Å²) in [5, 5.41) is 13.8. The molecule has 1 aromatic heterocycles. The smallest absolute Gasteiger partial charge is 0.272 e. The van der Waals surface area contributed by atoms with Gasteiger partial charge in [-0.25, -0.2) is 9.37 Å². The van der Waals surface area contributed by atoms with Crippen LogP contribution in [-0.4, -0.2) is 47.8 Å². The molecule has 2 rings (SSSR count). The van der Waals surface area contributed by atoms with Gasteiger partial charge in [0.1, 0.15) is 5.82 Å². The largest absolute Gasteiger partial charge is 0.395 e. The zero-order valence-corrected chi connectivity index (χ0v) is 10.4. The molecule has 1 atom stereocenters. The zero-order chi connectivity index (χ0) is 14.7. The van der Waals surface area contributed by atoms with E-state index in [-0.39, 0.29) is 42.9 Å². The van der Waals surface area contributed by atoms with Crippen molar-refractivity contribution < 1.29 is 23.9 Å². The van der Waals surface area contributed by atoms with Crippen molar-refractivity contribution in [3.8, 4) is 0 Å². The van der Waals surface area contributed by atoms with Gasteiger partial charge in [0.15, 0.2) is 12.0 Å². The average molecular weight is 281 g/mol. The minimum atomic E-state index is -0.949. The maximum Gasteiger partial charge on any atom is 0.272 e. The van der Waals surface area contributed by atoms with Crippen LogP contribution in [0.4, 0.5) is 10.1 Å². The standard InChI is InChI=1S/C12H12FN3O4/c13-7-4-16-11(12(20)14-1-2-17)10-9(7)6(3-15-10)8(19)5-18/h4-6,15,17H,1-3H2,(H,14,20). The summed E-state index contributed by atoms with van der Waals surface area (Å²) in [7, 11) is 0. The molecule has 7 nitrogen and oxygen atoms in total. The summed E-state index contributed by atoms with van der Waals surface area (Å²) < 4.78 is 13.8. The molecule has 0 radical (unpaired) electrons. The molecular formula is C12H12FN3O4. The van der Waals surface area contributed by atoms with E-state index in [4.69, 9.17) is 5.11 Å². The molecule has 3 N–H and O–H groups in total. The lowest BCUT2D eigenvalue weighted by Crippen LogP contribution is -2.28. The SMILES string of the molecule is O=CC(=O)C1CNc2c(C(=O)NCCO)ncc(F)c21. The molecule has 0 saturated carbocycles. The van der Waals surface area contributed by atoms with Crippen LogP contribution in [0.2, 0.25) is 0 Å². The fraction of sp³-hybridized carbons (Fsp3) is 0.333. The summed E-state index contributed by atoms with van der Waals surface area (Å²) in [4.78, 5) is 37.5. The Morgan fingerprint density at radius 1 is 1.60 bits per heavy atom. The number of rotatable bonds is 5. The van der Waals surface area contributed by atoms with Gasteiger partial charge in [-0.1, -0.05) is 0 Å². The van der Waals surface area contributed by atoms with Gasteiger partial charge in [-0.15, -0.1) is 0 Å². The molecule has 1 aliphatic rings. The summed E-state index contributed by atoms with van der Waals surface area (Å²) in [6.45, 7) is -0.173. The predicted molar refractivity (Wildman–Crippen MR) is 65.9 cm³/mol. The highest BCUT2D eigenvalue weighted by atomic mass is 19.1. The Bertz CT molecular complexity index is 576. The predicted octanol–water partition coefficient (Wildman–Crippen LogP) is -0.780. The maximum atomic E-state index is 13.8. The van der Waals surface area contributed by atoms with E-state index in [0.29, 0.717) is 0 Å². The first-order valence-electron chi connectivity index (χ1n) is 5.90. The Hall–Kier alpha value is -2.35. The minimum Gasteiger partial charge on any atom is -0.395 e. The molecule has 8 heteroatoms. The van der Waals surface area contributed by atoms with Crippen molar-refractivity contribution >= 4 is 23.7 Å². The van der Waals surface area contributed by atoms with Crippen molar-refractivity contribution in [1.29, 1.82) is 0 Å². The van der Waals surface area contributed by atoms with Crippen LogP contribution in [0.15, 0.2) is 6.20 Å². The molecule has 0 saturated heterocycles.